The van der Waals surface area contributed by atoms with Crippen LogP contribution in [0.5, 0.6) is 0 Å². The standard InChI is InChI=1S/C10H19NO2/c1-4-8-10(2,5-6-13-3)7-9(12)11-8/h8H,4-7H2,1-3H3,(H,11,12). The third kappa shape index (κ3) is 2.21. The van der Waals surface area contributed by atoms with E-state index in [0.717, 1.165) is 19.4 Å². The van der Waals surface area contributed by atoms with Gasteiger partial charge in [-0.3, -0.25) is 4.79 Å². The molecule has 2 atom stereocenters. The van der Waals surface area contributed by atoms with Crippen molar-refractivity contribution in [1.82, 2.24) is 5.32 Å². The quantitative estimate of drug-likeness (QED) is 0.717. The van der Waals surface area contributed by atoms with Gasteiger partial charge in [0.25, 0.3) is 0 Å². The first kappa shape index (κ1) is 10.5. The number of hydrogen-bond donors (Lipinski definition) is 1. The molecule has 0 spiro atoms. The Morgan fingerprint density at radius 2 is 2.38 bits per heavy atom. The van der Waals surface area contributed by atoms with Gasteiger partial charge in [0, 0.05) is 26.2 Å². The fraction of sp³-hybridized carbons (Fsp3) is 0.900. The van der Waals surface area contributed by atoms with E-state index in [1.165, 1.54) is 0 Å². The number of carbonyl (C=O) groups is 1. The predicted octanol–water partition coefficient (Wildman–Crippen LogP) is 1.33. The van der Waals surface area contributed by atoms with Crippen molar-refractivity contribution in [1.29, 1.82) is 0 Å². The highest BCUT2D eigenvalue weighted by Crippen LogP contribution is 2.36. The molecule has 1 aliphatic heterocycles. The maximum absolute atomic E-state index is 11.2. The van der Waals surface area contributed by atoms with Gasteiger partial charge in [0.15, 0.2) is 0 Å². The van der Waals surface area contributed by atoms with Crippen LogP contribution >= 0.6 is 0 Å². The normalized spacial score (nSPS) is 33.5. The van der Waals surface area contributed by atoms with Gasteiger partial charge in [-0.05, 0) is 18.3 Å². The Morgan fingerprint density at radius 3 is 2.92 bits per heavy atom. The molecule has 3 heteroatoms. The molecule has 0 aromatic carbocycles. The minimum atomic E-state index is 0.0991. The molecule has 0 saturated carbocycles. The minimum Gasteiger partial charge on any atom is -0.385 e. The van der Waals surface area contributed by atoms with Crippen LogP contribution in [-0.2, 0) is 9.53 Å². The zero-order valence-corrected chi connectivity index (χ0v) is 8.72. The Labute approximate surface area is 79.8 Å². The lowest BCUT2D eigenvalue weighted by Crippen LogP contribution is -2.35. The second kappa shape index (κ2) is 4.09. The van der Waals surface area contributed by atoms with Gasteiger partial charge >= 0.3 is 0 Å². The van der Waals surface area contributed by atoms with E-state index in [2.05, 4.69) is 19.2 Å². The molecule has 1 rings (SSSR count). The van der Waals surface area contributed by atoms with Crippen LogP contribution in [-0.4, -0.2) is 25.7 Å². The first-order valence-corrected chi connectivity index (χ1v) is 4.90. The largest absolute Gasteiger partial charge is 0.385 e. The second-order valence-corrected chi connectivity index (χ2v) is 4.10. The molecule has 1 amide bonds. The summed E-state index contributed by atoms with van der Waals surface area (Å²) in [6.45, 7) is 5.02. The van der Waals surface area contributed by atoms with Gasteiger partial charge in [0.05, 0.1) is 0 Å². The number of rotatable bonds is 4. The number of nitrogens with one attached hydrogen (secondary N) is 1. The van der Waals surface area contributed by atoms with Crippen LogP contribution in [0.4, 0.5) is 0 Å². The molecule has 76 valence electrons. The molecule has 0 bridgehead atoms. The van der Waals surface area contributed by atoms with E-state index < -0.39 is 0 Å². The fourth-order valence-electron chi connectivity index (χ4n) is 2.10. The Hall–Kier alpha value is -0.570. The lowest BCUT2D eigenvalue weighted by molar-refractivity contribution is -0.119. The molecule has 3 nitrogen and oxygen atoms in total. The van der Waals surface area contributed by atoms with Crippen molar-refractivity contribution in [3.8, 4) is 0 Å². The average Bonchev–Trinajstić information content (AvgIpc) is 2.38. The van der Waals surface area contributed by atoms with Crippen LogP contribution in [0.3, 0.4) is 0 Å². The van der Waals surface area contributed by atoms with Crippen LogP contribution in [0, 0.1) is 5.41 Å². The zero-order chi connectivity index (χ0) is 9.90. The van der Waals surface area contributed by atoms with E-state index in [9.17, 15) is 4.79 Å². The first-order chi connectivity index (χ1) is 6.12. The minimum absolute atomic E-state index is 0.0991. The van der Waals surface area contributed by atoms with Crippen LogP contribution in [0.25, 0.3) is 0 Å². The summed E-state index contributed by atoms with van der Waals surface area (Å²) >= 11 is 0. The molecule has 0 aliphatic carbocycles. The molecule has 2 unspecified atom stereocenters. The summed E-state index contributed by atoms with van der Waals surface area (Å²) in [7, 11) is 1.70. The van der Waals surface area contributed by atoms with E-state index in [1.807, 2.05) is 0 Å². The maximum Gasteiger partial charge on any atom is 0.220 e. The van der Waals surface area contributed by atoms with Crippen molar-refractivity contribution in [3.05, 3.63) is 0 Å². The number of hydrogen-bond acceptors (Lipinski definition) is 2. The van der Waals surface area contributed by atoms with Crippen molar-refractivity contribution in [2.24, 2.45) is 5.41 Å². The highest BCUT2D eigenvalue weighted by Gasteiger charge is 2.41. The molecular formula is C10H19NO2. The summed E-state index contributed by atoms with van der Waals surface area (Å²) in [6, 6.07) is 0.329. The van der Waals surface area contributed by atoms with E-state index >= 15 is 0 Å². The van der Waals surface area contributed by atoms with E-state index in [0.29, 0.717) is 12.5 Å². The van der Waals surface area contributed by atoms with Gasteiger partial charge < -0.3 is 10.1 Å². The smallest absolute Gasteiger partial charge is 0.220 e. The number of methoxy groups -OCH3 is 1. The first-order valence-electron chi connectivity index (χ1n) is 4.90. The highest BCUT2D eigenvalue weighted by atomic mass is 16.5. The van der Waals surface area contributed by atoms with Crippen molar-refractivity contribution < 1.29 is 9.53 Å². The third-order valence-electron chi connectivity index (χ3n) is 3.03. The molecule has 1 heterocycles. The Bertz CT molecular complexity index is 193. The van der Waals surface area contributed by atoms with Crippen molar-refractivity contribution >= 4 is 5.91 Å². The summed E-state index contributed by atoms with van der Waals surface area (Å²) in [5.74, 6) is 0.186. The van der Waals surface area contributed by atoms with Gasteiger partial charge in [-0.1, -0.05) is 13.8 Å². The maximum atomic E-state index is 11.2. The molecule has 1 N–H and O–H groups in total. The predicted molar refractivity (Wildman–Crippen MR) is 51.4 cm³/mol. The Kier molecular flexibility index (Phi) is 3.31. The molecule has 13 heavy (non-hydrogen) atoms. The van der Waals surface area contributed by atoms with Crippen molar-refractivity contribution in [3.63, 3.8) is 0 Å². The summed E-state index contributed by atoms with van der Waals surface area (Å²) in [5, 5.41) is 3.01. The Morgan fingerprint density at radius 1 is 1.69 bits per heavy atom. The summed E-state index contributed by atoms with van der Waals surface area (Å²) in [6.07, 6.45) is 2.61. The molecule has 0 aromatic heterocycles. The lowest BCUT2D eigenvalue weighted by Gasteiger charge is -2.28. The third-order valence-corrected chi connectivity index (χ3v) is 3.03. The molecule has 1 saturated heterocycles. The van der Waals surface area contributed by atoms with Gasteiger partial charge in [-0.15, -0.1) is 0 Å². The molecule has 0 aromatic rings. The molecule has 0 radical (unpaired) electrons. The lowest BCUT2D eigenvalue weighted by atomic mass is 9.78. The van der Waals surface area contributed by atoms with Crippen LogP contribution in [0.15, 0.2) is 0 Å². The van der Waals surface area contributed by atoms with Gasteiger partial charge in [0.1, 0.15) is 0 Å². The Balaban J connectivity index is 2.58. The SMILES string of the molecule is CCC1NC(=O)CC1(C)CCOC. The summed E-state index contributed by atoms with van der Waals surface area (Å²) in [5.41, 5.74) is 0.0991. The van der Waals surface area contributed by atoms with E-state index in [1.54, 1.807) is 7.11 Å². The molecule has 1 aliphatic rings. The van der Waals surface area contributed by atoms with Crippen LogP contribution < -0.4 is 5.32 Å². The summed E-state index contributed by atoms with van der Waals surface area (Å²) < 4.78 is 5.06. The second-order valence-electron chi connectivity index (χ2n) is 4.10. The van der Waals surface area contributed by atoms with E-state index in [-0.39, 0.29) is 11.3 Å². The summed E-state index contributed by atoms with van der Waals surface area (Å²) in [4.78, 5) is 11.2. The average molecular weight is 185 g/mol. The highest BCUT2D eigenvalue weighted by molar-refractivity contribution is 5.79. The van der Waals surface area contributed by atoms with Gasteiger partial charge in [-0.2, -0.15) is 0 Å². The monoisotopic (exact) mass is 185 g/mol. The van der Waals surface area contributed by atoms with Crippen LogP contribution in [0.2, 0.25) is 0 Å². The fourth-order valence-corrected chi connectivity index (χ4v) is 2.10. The van der Waals surface area contributed by atoms with Crippen LogP contribution in [0.1, 0.15) is 33.1 Å². The van der Waals surface area contributed by atoms with Gasteiger partial charge in [0.2, 0.25) is 5.91 Å². The van der Waals surface area contributed by atoms with E-state index in [4.69, 9.17) is 4.74 Å². The number of ether oxygens (including phenoxy) is 1. The van der Waals surface area contributed by atoms with Crippen molar-refractivity contribution in [2.75, 3.05) is 13.7 Å². The van der Waals surface area contributed by atoms with Gasteiger partial charge in [-0.25, -0.2) is 0 Å². The molecular weight excluding hydrogens is 166 g/mol. The topological polar surface area (TPSA) is 38.3 Å². The zero-order valence-electron chi connectivity index (χ0n) is 8.72. The van der Waals surface area contributed by atoms with Crippen molar-refractivity contribution in [2.45, 2.75) is 39.2 Å². The number of carbonyl (C=O) groups excluding carboxylic acids is 1. The molecule has 1 fully saturated rings. The number of amides is 1.